The molecule has 4 rings (SSSR count). The number of hydrogen-bond donors (Lipinski definition) is 1. The van der Waals surface area contributed by atoms with Gasteiger partial charge in [-0.15, -0.1) is 5.10 Å². The van der Waals surface area contributed by atoms with Gasteiger partial charge in [0.15, 0.2) is 0 Å². The molecule has 2 N–H and O–H groups in total. The fraction of sp³-hybridized carbons (Fsp3) is 0.381. The van der Waals surface area contributed by atoms with Crippen LogP contribution in [0.3, 0.4) is 0 Å². The van der Waals surface area contributed by atoms with Crippen LogP contribution in [0, 0.1) is 0 Å². The number of ether oxygens (including phenoxy) is 1. The quantitative estimate of drug-likeness (QED) is 0.735. The fourth-order valence-corrected chi connectivity index (χ4v) is 3.31. The topological polar surface area (TPSA) is 82.1 Å². The highest BCUT2D eigenvalue weighted by molar-refractivity contribution is 5.77. The van der Waals surface area contributed by atoms with Crippen LogP contribution in [0.5, 0.6) is 0 Å². The van der Waals surface area contributed by atoms with Crippen LogP contribution in [-0.2, 0) is 11.3 Å². The third-order valence-electron chi connectivity index (χ3n) is 5.03. The summed E-state index contributed by atoms with van der Waals surface area (Å²) in [6.07, 6.45) is 3.72. The van der Waals surface area contributed by atoms with E-state index in [9.17, 15) is 0 Å². The van der Waals surface area contributed by atoms with E-state index in [1.165, 1.54) is 5.56 Å². The summed E-state index contributed by atoms with van der Waals surface area (Å²) in [4.78, 5) is 6.80. The van der Waals surface area contributed by atoms with Crippen molar-refractivity contribution >= 4 is 5.82 Å². The Balaban J connectivity index is 1.55. The first-order valence-electron chi connectivity index (χ1n) is 9.67. The zero-order chi connectivity index (χ0) is 19.5. The van der Waals surface area contributed by atoms with E-state index in [-0.39, 0.29) is 6.04 Å². The average molecular weight is 378 g/mol. The second-order valence-electron chi connectivity index (χ2n) is 7.42. The number of hydrogen-bond acceptors (Lipinski definition) is 6. The number of morpholine rings is 1. The Hall–Kier alpha value is -2.77. The van der Waals surface area contributed by atoms with Crippen molar-refractivity contribution < 1.29 is 4.74 Å². The van der Waals surface area contributed by atoms with E-state index < -0.39 is 0 Å². The molecular weight excluding hydrogens is 352 g/mol. The minimum absolute atomic E-state index is 0.248. The second-order valence-corrected chi connectivity index (χ2v) is 7.42. The Bertz CT molecular complexity index is 928. The van der Waals surface area contributed by atoms with Crippen molar-refractivity contribution in [2.45, 2.75) is 26.4 Å². The number of pyridine rings is 1. The molecule has 1 saturated heterocycles. The van der Waals surface area contributed by atoms with Crippen molar-refractivity contribution in [1.29, 1.82) is 0 Å². The molecule has 0 radical (unpaired) electrons. The van der Waals surface area contributed by atoms with Crippen LogP contribution in [0.25, 0.3) is 22.4 Å². The summed E-state index contributed by atoms with van der Waals surface area (Å²) in [6, 6.07) is 10.9. The second kappa shape index (κ2) is 8.08. The third-order valence-corrected chi connectivity index (χ3v) is 5.03. The molecule has 3 aromatic rings. The summed E-state index contributed by atoms with van der Waals surface area (Å²) < 4.78 is 7.24. The maximum Gasteiger partial charge on any atom is 0.132 e. The van der Waals surface area contributed by atoms with E-state index in [1.807, 2.05) is 23.1 Å². The van der Waals surface area contributed by atoms with Gasteiger partial charge in [0.25, 0.3) is 0 Å². The standard InChI is InChI=1S/C21H26N6O/c1-15(2)27-14-20(24-25-27)19-11-18(12-23-21(19)22)17-5-3-16(4-6-17)13-26-7-9-28-10-8-26/h3-6,11-12,14-15H,7-10,13H2,1-2H3,(H2,22,23). The Morgan fingerprint density at radius 1 is 1.11 bits per heavy atom. The van der Waals surface area contributed by atoms with E-state index >= 15 is 0 Å². The van der Waals surface area contributed by atoms with Gasteiger partial charge in [-0.2, -0.15) is 0 Å². The summed E-state index contributed by atoms with van der Waals surface area (Å²) in [5, 5.41) is 8.43. The number of nitrogens with two attached hydrogens (primary N) is 1. The van der Waals surface area contributed by atoms with Gasteiger partial charge in [-0.25, -0.2) is 9.67 Å². The van der Waals surface area contributed by atoms with E-state index in [0.29, 0.717) is 5.82 Å². The number of anilines is 1. The van der Waals surface area contributed by atoms with Gasteiger partial charge in [-0.05, 0) is 31.0 Å². The zero-order valence-corrected chi connectivity index (χ0v) is 16.4. The van der Waals surface area contributed by atoms with E-state index in [1.54, 1.807) is 0 Å². The van der Waals surface area contributed by atoms with Crippen LogP contribution in [0.2, 0.25) is 0 Å². The normalized spacial score (nSPS) is 15.2. The van der Waals surface area contributed by atoms with Crippen molar-refractivity contribution in [3.05, 3.63) is 48.3 Å². The molecule has 7 nitrogen and oxygen atoms in total. The smallest absolute Gasteiger partial charge is 0.132 e. The van der Waals surface area contributed by atoms with Gasteiger partial charge < -0.3 is 10.5 Å². The van der Waals surface area contributed by atoms with E-state index in [2.05, 4.69) is 58.3 Å². The van der Waals surface area contributed by atoms with Crippen LogP contribution < -0.4 is 5.73 Å². The summed E-state index contributed by atoms with van der Waals surface area (Å²) in [7, 11) is 0. The van der Waals surface area contributed by atoms with Crippen molar-refractivity contribution in [3.63, 3.8) is 0 Å². The van der Waals surface area contributed by atoms with E-state index in [0.717, 1.165) is 55.2 Å². The lowest BCUT2D eigenvalue weighted by atomic mass is 10.0. The van der Waals surface area contributed by atoms with Gasteiger partial charge in [-0.3, -0.25) is 4.90 Å². The Kier molecular flexibility index (Phi) is 5.36. The number of nitrogen functional groups attached to an aromatic ring is 1. The molecule has 1 aliphatic heterocycles. The SMILES string of the molecule is CC(C)n1cc(-c2cc(-c3ccc(CN4CCOCC4)cc3)cnc2N)nn1. The Morgan fingerprint density at radius 2 is 1.86 bits per heavy atom. The van der Waals surface area contributed by atoms with Crippen molar-refractivity contribution in [3.8, 4) is 22.4 Å². The highest BCUT2D eigenvalue weighted by atomic mass is 16.5. The molecular formula is C21H26N6O. The van der Waals surface area contributed by atoms with Crippen molar-refractivity contribution in [2.75, 3.05) is 32.0 Å². The van der Waals surface area contributed by atoms with Crippen LogP contribution in [0.1, 0.15) is 25.5 Å². The predicted octanol–water partition coefficient (Wildman–Crippen LogP) is 3.00. The lowest BCUT2D eigenvalue weighted by Crippen LogP contribution is -2.35. The molecule has 1 fully saturated rings. The molecule has 146 valence electrons. The van der Waals surface area contributed by atoms with Gasteiger partial charge in [-0.1, -0.05) is 29.5 Å². The number of aromatic nitrogens is 4. The van der Waals surface area contributed by atoms with Crippen LogP contribution >= 0.6 is 0 Å². The van der Waals surface area contributed by atoms with Crippen molar-refractivity contribution in [1.82, 2.24) is 24.9 Å². The molecule has 0 spiro atoms. The van der Waals surface area contributed by atoms with E-state index in [4.69, 9.17) is 10.5 Å². The van der Waals surface area contributed by atoms with Gasteiger partial charge in [0.1, 0.15) is 11.5 Å². The first-order chi connectivity index (χ1) is 13.6. The highest BCUT2D eigenvalue weighted by Gasteiger charge is 2.13. The molecule has 0 saturated carbocycles. The van der Waals surface area contributed by atoms with Gasteiger partial charge in [0.2, 0.25) is 0 Å². The average Bonchev–Trinajstić information content (AvgIpc) is 3.20. The molecule has 2 aromatic heterocycles. The van der Waals surface area contributed by atoms with Crippen LogP contribution in [0.15, 0.2) is 42.7 Å². The number of rotatable bonds is 5. The monoisotopic (exact) mass is 378 g/mol. The summed E-state index contributed by atoms with van der Waals surface area (Å²) in [5.41, 5.74) is 11.1. The summed E-state index contributed by atoms with van der Waals surface area (Å²) in [5.74, 6) is 0.462. The molecule has 0 unspecified atom stereocenters. The molecule has 0 bridgehead atoms. The van der Waals surface area contributed by atoms with Crippen molar-refractivity contribution in [2.24, 2.45) is 0 Å². The maximum absolute atomic E-state index is 6.11. The third kappa shape index (κ3) is 4.05. The zero-order valence-electron chi connectivity index (χ0n) is 16.4. The summed E-state index contributed by atoms with van der Waals surface area (Å²) in [6.45, 7) is 8.70. The molecule has 28 heavy (non-hydrogen) atoms. The molecule has 3 heterocycles. The van der Waals surface area contributed by atoms with Gasteiger partial charge in [0.05, 0.1) is 19.4 Å². The molecule has 1 aliphatic rings. The maximum atomic E-state index is 6.11. The molecule has 0 amide bonds. The first kappa shape index (κ1) is 18.6. The lowest BCUT2D eigenvalue weighted by Gasteiger charge is -2.26. The fourth-order valence-electron chi connectivity index (χ4n) is 3.31. The number of nitrogens with zero attached hydrogens (tertiary/aromatic N) is 5. The minimum Gasteiger partial charge on any atom is -0.383 e. The van der Waals surface area contributed by atoms with Crippen LogP contribution in [0.4, 0.5) is 5.82 Å². The van der Waals surface area contributed by atoms with Crippen LogP contribution in [-0.4, -0.2) is 51.2 Å². The highest BCUT2D eigenvalue weighted by Crippen LogP contribution is 2.29. The van der Waals surface area contributed by atoms with Gasteiger partial charge >= 0.3 is 0 Å². The summed E-state index contributed by atoms with van der Waals surface area (Å²) >= 11 is 0. The lowest BCUT2D eigenvalue weighted by molar-refractivity contribution is 0.0342. The largest absolute Gasteiger partial charge is 0.383 e. The molecule has 7 heteroatoms. The molecule has 1 aromatic carbocycles. The Morgan fingerprint density at radius 3 is 2.54 bits per heavy atom. The Labute approximate surface area is 165 Å². The number of benzene rings is 1. The molecule has 0 aliphatic carbocycles. The first-order valence-corrected chi connectivity index (χ1v) is 9.67. The minimum atomic E-state index is 0.248. The van der Waals surface area contributed by atoms with Gasteiger partial charge in [0, 0.05) is 43.0 Å². The predicted molar refractivity (Wildman–Crippen MR) is 110 cm³/mol. The molecule has 0 atom stereocenters.